The van der Waals surface area contributed by atoms with Gasteiger partial charge in [0, 0.05) is 38.1 Å². The number of ketones is 1. The molecule has 1 fully saturated rings. The Hall–Kier alpha value is -3.42. The number of piperazine rings is 1. The van der Waals surface area contributed by atoms with Gasteiger partial charge in [0.2, 0.25) is 5.91 Å². The Morgan fingerprint density at radius 3 is 2.65 bits per heavy atom. The average Bonchev–Trinajstić information content (AvgIpc) is 3.22. The number of hydrogen-bond acceptors (Lipinski definition) is 5. The van der Waals surface area contributed by atoms with Crippen molar-refractivity contribution in [2.24, 2.45) is 11.8 Å². The lowest BCUT2D eigenvalue weighted by Crippen LogP contribution is -2.57. The van der Waals surface area contributed by atoms with Crippen molar-refractivity contribution < 1.29 is 19.1 Å². The predicted molar refractivity (Wildman–Crippen MR) is 116 cm³/mol. The molecule has 2 aliphatic rings. The summed E-state index contributed by atoms with van der Waals surface area (Å²) >= 11 is 0. The van der Waals surface area contributed by atoms with Crippen LogP contribution in [0.3, 0.4) is 0 Å². The minimum atomic E-state index is -0.613. The number of nitrogens with zero attached hydrogens (tertiary/aromatic N) is 3. The van der Waals surface area contributed by atoms with E-state index in [9.17, 15) is 14.4 Å². The highest BCUT2D eigenvalue weighted by Crippen LogP contribution is 2.28. The molecule has 31 heavy (non-hydrogen) atoms. The second-order valence-corrected chi connectivity index (χ2v) is 8.05. The van der Waals surface area contributed by atoms with Crippen molar-refractivity contribution in [1.29, 1.82) is 0 Å². The van der Waals surface area contributed by atoms with E-state index in [0.717, 1.165) is 0 Å². The SMILES string of the molecule is COc1ccnc2[nH]cc(C(=O)C(=O)N3CCN(C(=O)C4C=CC=CC4C)C[C@H]3C)c12. The summed E-state index contributed by atoms with van der Waals surface area (Å²) in [6.45, 7) is 5.01. The molecule has 0 saturated carbocycles. The Balaban J connectivity index is 1.48. The van der Waals surface area contributed by atoms with Crippen molar-refractivity contribution in [1.82, 2.24) is 19.8 Å². The lowest BCUT2D eigenvalue weighted by molar-refractivity contribution is -0.142. The van der Waals surface area contributed by atoms with Gasteiger partial charge in [-0.15, -0.1) is 0 Å². The number of pyridine rings is 1. The number of Topliss-reactive ketones (excluding diaryl/α,β-unsaturated/α-hetero) is 1. The van der Waals surface area contributed by atoms with Gasteiger partial charge in [0.05, 0.1) is 24.0 Å². The first-order valence-corrected chi connectivity index (χ1v) is 10.4. The minimum Gasteiger partial charge on any atom is -0.496 e. The van der Waals surface area contributed by atoms with E-state index in [1.165, 1.54) is 13.3 Å². The summed E-state index contributed by atoms with van der Waals surface area (Å²) in [5, 5.41) is 0.496. The van der Waals surface area contributed by atoms with Gasteiger partial charge in [-0.1, -0.05) is 31.2 Å². The lowest BCUT2D eigenvalue weighted by atomic mass is 9.88. The molecule has 2 unspecified atom stereocenters. The Bertz CT molecular complexity index is 1090. The van der Waals surface area contributed by atoms with Crippen LogP contribution < -0.4 is 4.74 Å². The van der Waals surface area contributed by atoms with E-state index >= 15 is 0 Å². The number of fused-ring (bicyclic) bond motifs is 1. The maximum atomic E-state index is 13.1. The van der Waals surface area contributed by atoms with Crippen LogP contribution in [0.15, 0.2) is 42.8 Å². The number of methoxy groups -OCH3 is 1. The highest BCUT2D eigenvalue weighted by molar-refractivity contribution is 6.45. The molecular weight excluding hydrogens is 396 g/mol. The fourth-order valence-corrected chi connectivity index (χ4v) is 4.32. The van der Waals surface area contributed by atoms with Crippen LogP contribution in [-0.2, 0) is 9.59 Å². The lowest BCUT2D eigenvalue weighted by Gasteiger charge is -2.41. The molecule has 1 aliphatic heterocycles. The van der Waals surface area contributed by atoms with Crippen molar-refractivity contribution in [2.45, 2.75) is 19.9 Å². The van der Waals surface area contributed by atoms with Crippen molar-refractivity contribution in [3.8, 4) is 5.75 Å². The van der Waals surface area contributed by atoms with Gasteiger partial charge >= 0.3 is 0 Å². The van der Waals surface area contributed by atoms with Crippen molar-refractivity contribution in [3.63, 3.8) is 0 Å². The molecule has 1 aliphatic carbocycles. The first-order valence-electron chi connectivity index (χ1n) is 10.4. The van der Waals surface area contributed by atoms with E-state index in [2.05, 4.69) is 9.97 Å². The van der Waals surface area contributed by atoms with Gasteiger partial charge in [0.1, 0.15) is 11.4 Å². The summed E-state index contributed by atoms with van der Waals surface area (Å²) in [4.78, 5) is 49.5. The molecule has 2 aromatic heterocycles. The summed E-state index contributed by atoms with van der Waals surface area (Å²) in [7, 11) is 1.51. The number of nitrogens with one attached hydrogen (secondary N) is 1. The molecular formula is C23H26N4O4. The smallest absolute Gasteiger partial charge is 0.295 e. The van der Waals surface area contributed by atoms with Gasteiger partial charge in [0.25, 0.3) is 11.7 Å². The van der Waals surface area contributed by atoms with Crippen LogP contribution in [0.1, 0.15) is 24.2 Å². The van der Waals surface area contributed by atoms with Crippen LogP contribution in [0.4, 0.5) is 0 Å². The molecule has 162 valence electrons. The highest BCUT2D eigenvalue weighted by atomic mass is 16.5. The molecule has 8 nitrogen and oxygen atoms in total. The Morgan fingerprint density at radius 2 is 1.94 bits per heavy atom. The number of aromatic amines is 1. The molecule has 2 amide bonds. The number of carbonyl (C=O) groups is 3. The number of rotatable bonds is 4. The molecule has 0 aromatic carbocycles. The van der Waals surface area contributed by atoms with Crippen molar-refractivity contribution in [3.05, 3.63) is 48.3 Å². The number of hydrogen-bond donors (Lipinski definition) is 1. The number of amides is 2. The number of allylic oxidation sites excluding steroid dienone is 3. The Morgan fingerprint density at radius 1 is 1.16 bits per heavy atom. The maximum absolute atomic E-state index is 13.1. The Kier molecular flexibility index (Phi) is 5.63. The molecule has 3 heterocycles. The van der Waals surface area contributed by atoms with Crippen LogP contribution in [0.2, 0.25) is 0 Å². The zero-order valence-electron chi connectivity index (χ0n) is 17.9. The van der Waals surface area contributed by atoms with Gasteiger partial charge < -0.3 is 19.5 Å². The average molecular weight is 422 g/mol. The zero-order valence-corrected chi connectivity index (χ0v) is 17.9. The molecule has 1 saturated heterocycles. The molecule has 8 heteroatoms. The van der Waals surface area contributed by atoms with Crippen molar-refractivity contribution >= 4 is 28.6 Å². The molecule has 3 atom stereocenters. The third kappa shape index (κ3) is 3.73. The van der Waals surface area contributed by atoms with Crippen molar-refractivity contribution in [2.75, 3.05) is 26.7 Å². The topological polar surface area (TPSA) is 95.6 Å². The molecule has 0 radical (unpaired) electrons. The van der Waals surface area contributed by atoms with Gasteiger partial charge in [-0.2, -0.15) is 0 Å². The monoisotopic (exact) mass is 422 g/mol. The number of aromatic nitrogens is 2. The largest absolute Gasteiger partial charge is 0.496 e. The molecule has 4 rings (SSSR count). The van der Waals surface area contributed by atoms with E-state index < -0.39 is 11.7 Å². The van der Waals surface area contributed by atoms with Crippen LogP contribution in [0.5, 0.6) is 5.75 Å². The number of H-pyrrole nitrogens is 1. The standard InChI is InChI=1S/C23H26N4O4/c1-14-6-4-5-7-16(14)22(29)26-10-11-27(15(2)13-26)23(30)20(28)17-12-25-21-19(17)18(31-3)8-9-24-21/h4-9,12,14-16H,10-11,13H2,1-3H3,(H,24,25)/t14?,15-,16?/m1/s1. The van der Waals surface area contributed by atoms with Gasteiger partial charge in [-0.05, 0) is 18.9 Å². The molecule has 1 N–H and O–H groups in total. The summed E-state index contributed by atoms with van der Waals surface area (Å²) < 4.78 is 5.34. The van der Waals surface area contributed by atoms with Gasteiger partial charge in [-0.25, -0.2) is 4.98 Å². The molecule has 0 bridgehead atoms. The fourth-order valence-electron chi connectivity index (χ4n) is 4.32. The number of ether oxygens (including phenoxy) is 1. The third-order valence-corrected chi connectivity index (χ3v) is 6.09. The summed E-state index contributed by atoms with van der Waals surface area (Å²) in [6, 6.07) is 1.39. The predicted octanol–water partition coefficient (Wildman–Crippen LogP) is 2.19. The van der Waals surface area contributed by atoms with Gasteiger partial charge in [-0.3, -0.25) is 14.4 Å². The van der Waals surface area contributed by atoms with E-state index in [0.29, 0.717) is 36.4 Å². The van der Waals surface area contributed by atoms with Crippen LogP contribution in [0, 0.1) is 11.8 Å². The van der Waals surface area contributed by atoms with E-state index in [4.69, 9.17) is 4.74 Å². The first-order chi connectivity index (χ1) is 14.9. The summed E-state index contributed by atoms with van der Waals surface area (Å²) in [6.07, 6.45) is 10.9. The van der Waals surface area contributed by atoms with Crippen LogP contribution >= 0.6 is 0 Å². The minimum absolute atomic E-state index is 0.0609. The molecule has 2 aromatic rings. The third-order valence-electron chi connectivity index (χ3n) is 6.09. The summed E-state index contributed by atoms with van der Waals surface area (Å²) in [5.41, 5.74) is 0.728. The summed E-state index contributed by atoms with van der Waals surface area (Å²) in [5.74, 6) is -0.703. The normalized spacial score (nSPS) is 23.3. The Labute approximate surface area is 180 Å². The van der Waals surface area contributed by atoms with E-state index in [-0.39, 0.29) is 29.3 Å². The van der Waals surface area contributed by atoms with E-state index in [1.807, 2.05) is 38.2 Å². The molecule has 0 spiro atoms. The second kappa shape index (κ2) is 8.37. The van der Waals surface area contributed by atoms with E-state index in [1.54, 1.807) is 22.1 Å². The van der Waals surface area contributed by atoms with Gasteiger partial charge in [0.15, 0.2) is 0 Å². The highest BCUT2D eigenvalue weighted by Gasteiger charge is 2.36. The maximum Gasteiger partial charge on any atom is 0.295 e. The van der Waals surface area contributed by atoms with Crippen LogP contribution in [0.25, 0.3) is 11.0 Å². The second-order valence-electron chi connectivity index (χ2n) is 8.05. The quantitative estimate of drug-likeness (QED) is 0.602. The first kappa shape index (κ1) is 20.8. The zero-order chi connectivity index (χ0) is 22.1. The van der Waals surface area contributed by atoms with Crippen LogP contribution in [-0.4, -0.2) is 70.2 Å². The number of carbonyl (C=O) groups excluding carboxylic acids is 3. The fraction of sp³-hybridized carbons (Fsp3) is 0.391.